The minimum Gasteiger partial charge on any atom is -0.310 e. The van der Waals surface area contributed by atoms with Crippen LogP contribution < -0.4 is 0 Å². The van der Waals surface area contributed by atoms with Crippen molar-refractivity contribution in [2.75, 3.05) is 0 Å². The van der Waals surface area contributed by atoms with Crippen LogP contribution in [-0.4, -0.2) is 8.56 Å². The van der Waals surface area contributed by atoms with Gasteiger partial charge in [0.2, 0.25) is 5.12 Å². The number of benzene rings is 2. The molecule has 0 spiro atoms. The molecule has 0 radical (unpaired) electrons. The number of fused-ring (bicyclic) bond motifs is 2. The first kappa shape index (κ1) is 10.4. The molecule has 5 aromatic rings. The van der Waals surface area contributed by atoms with E-state index in [2.05, 4.69) is 28.8 Å². The summed E-state index contributed by atoms with van der Waals surface area (Å²) < 4.78 is 17.0. The average Bonchev–Trinajstić information content (AvgIpc) is 3.07. The summed E-state index contributed by atoms with van der Waals surface area (Å²) in [6.07, 6.45) is 4.00. The van der Waals surface area contributed by atoms with E-state index in [-0.39, 0.29) is 0 Å². The number of para-hydroxylation sites is 1. The Morgan fingerprint density at radius 1 is 0.800 bits per heavy atom. The fourth-order valence-corrected chi connectivity index (χ4v) is 4.53. The molecule has 0 saturated heterocycles. The first-order valence-electron chi connectivity index (χ1n) is 6.53. The van der Waals surface area contributed by atoms with E-state index < -0.39 is 7.57 Å². The Morgan fingerprint density at radius 2 is 1.55 bits per heavy atom. The summed E-state index contributed by atoms with van der Waals surface area (Å²) in [4.78, 5) is 0. The number of nitrogens with zero attached hydrogens (tertiary/aromatic N) is 2. The Hall–Kier alpha value is -2.38. The molecule has 2 aromatic carbocycles. The van der Waals surface area contributed by atoms with Gasteiger partial charge in [-0.3, -0.25) is 0 Å². The molecule has 3 heterocycles. The Kier molecular flexibility index (Phi) is 1.76. The van der Waals surface area contributed by atoms with Crippen LogP contribution in [-0.2, 0) is 4.57 Å². The zero-order valence-electron chi connectivity index (χ0n) is 10.5. The summed E-state index contributed by atoms with van der Waals surface area (Å²) in [7, 11) is -1.62. The van der Waals surface area contributed by atoms with E-state index in [4.69, 9.17) is 0 Å². The van der Waals surface area contributed by atoms with Gasteiger partial charge in [0.25, 0.3) is 0 Å². The van der Waals surface area contributed by atoms with E-state index in [0.29, 0.717) is 0 Å². The van der Waals surface area contributed by atoms with Crippen molar-refractivity contribution < 1.29 is 4.57 Å². The maximum atomic E-state index is 12.9. The van der Waals surface area contributed by atoms with Gasteiger partial charge >= 0.3 is 7.57 Å². The second-order valence-corrected chi connectivity index (χ2v) is 6.51. The molecule has 1 unspecified atom stereocenters. The predicted molar refractivity (Wildman–Crippen MR) is 82.2 cm³/mol. The predicted octanol–water partition coefficient (Wildman–Crippen LogP) is 4.68. The van der Waals surface area contributed by atoms with Crippen molar-refractivity contribution in [3.63, 3.8) is 0 Å². The van der Waals surface area contributed by atoms with Crippen molar-refractivity contribution in [3.05, 3.63) is 60.9 Å². The molecule has 0 aliphatic heterocycles. The van der Waals surface area contributed by atoms with Crippen molar-refractivity contribution in [1.82, 2.24) is 8.56 Å². The first-order chi connectivity index (χ1) is 9.84. The van der Waals surface area contributed by atoms with Crippen LogP contribution in [0.4, 0.5) is 0 Å². The normalized spacial score (nSPS) is 13.1. The highest BCUT2D eigenvalue weighted by Gasteiger charge is 2.19. The lowest BCUT2D eigenvalue weighted by molar-refractivity contribution is 0.596. The van der Waals surface area contributed by atoms with E-state index in [1.165, 1.54) is 5.39 Å². The lowest BCUT2D eigenvalue weighted by Gasteiger charge is -1.96. The first-order valence-corrected chi connectivity index (χ1v) is 7.74. The molecule has 20 heavy (non-hydrogen) atoms. The molecule has 0 saturated carbocycles. The molecule has 0 aliphatic carbocycles. The summed E-state index contributed by atoms with van der Waals surface area (Å²) >= 11 is 0. The van der Waals surface area contributed by atoms with Crippen LogP contribution in [0.15, 0.2) is 60.9 Å². The van der Waals surface area contributed by atoms with Crippen LogP contribution in [0, 0.1) is 0 Å². The molecule has 0 amide bonds. The monoisotopic (exact) mass is 277 g/mol. The van der Waals surface area contributed by atoms with Gasteiger partial charge in [-0.1, -0.05) is 24.3 Å². The fraction of sp³-hybridized carbons (Fsp3) is 0. The van der Waals surface area contributed by atoms with Gasteiger partial charge in [-0.25, -0.2) is 0 Å². The quantitative estimate of drug-likeness (QED) is 0.403. The summed E-state index contributed by atoms with van der Waals surface area (Å²) in [5.41, 5.74) is 3.21. The van der Waals surface area contributed by atoms with Crippen molar-refractivity contribution in [2.45, 2.75) is 0 Å². The largest absolute Gasteiger partial charge is 0.508 e. The summed E-state index contributed by atoms with van der Waals surface area (Å²) in [5.74, 6) is 0. The van der Waals surface area contributed by atoms with Crippen LogP contribution in [0.3, 0.4) is 0 Å². The highest BCUT2D eigenvalue weighted by molar-refractivity contribution is 7.39. The smallest absolute Gasteiger partial charge is 0.310 e. The van der Waals surface area contributed by atoms with Crippen molar-refractivity contribution in [2.24, 2.45) is 0 Å². The van der Waals surface area contributed by atoms with Gasteiger partial charge in [-0.05, 0) is 28.8 Å². The molecule has 0 bridgehead atoms. The Bertz CT molecular complexity index is 1170. The SMILES string of the molecule is O=[p+]1c2ccccc2n2ccc3ccc4ccn1c4c32. The van der Waals surface area contributed by atoms with Crippen molar-refractivity contribution >= 4 is 40.0 Å². The number of aromatic nitrogens is 2. The minimum atomic E-state index is -1.62. The summed E-state index contributed by atoms with van der Waals surface area (Å²) in [6, 6.07) is 16.3. The number of hydrogen-bond donors (Lipinski definition) is 0. The van der Waals surface area contributed by atoms with Gasteiger partial charge in [0.05, 0.1) is 11.7 Å². The topological polar surface area (TPSA) is 25.9 Å². The van der Waals surface area contributed by atoms with Gasteiger partial charge in [0.1, 0.15) is 11.0 Å². The second kappa shape index (κ2) is 3.38. The molecule has 1 atom stereocenters. The average molecular weight is 277 g/mol. The van der Waals surface area contributed by atoms with E-state index in [1.807, 2.05) is 40.7 Å². The standard InChI is InChI=1S/C16H10N2OP/c19-20-14-4-2-1-3-13(14)17-9-7-11-5-6-12-8-10-18(20)16(12)15(11)17/h1-10H/q+1. The summed E-state index contributed by atoms with van der Waals surface area (Å²) in [5, 5.41) is 3.19. The molecular weight excluding hydrogens is 267 g/mol. The van der Waals surface area contributed by atoms with Gasteiger partial charge in [-0.2, -0.15) is 0 Å². The molecule has 0 N–H and O–H groups in total. The highest BCUT2D eigenvalue weighted by atomic mass is 31.1. The van der Waals surface area contributed by atoms with Gasteiger partial charge in [0.15, 0.2) is 0 Å². The molecule has 94 valence electrons. The lowest BCUT2D eigenvalue weighted by atomic mass is 10.2. The maximum absolute atomic E-state index is 12.9. The molecule has 0 fully saturated rings. The van der Waals surface area contributed by atoms with Crippen LogP contribution in [0.5, 0.6) is 0 Å². The Morgan fingerprint density at radius 3 is 2.45 bits per heavy atom. The third-order valence-corrected chi connectivity index (χ3v) is 5.54. The molecule has 3 nitrogen and oxygen atoms in total. The molecule has 4 heteroatoms. The summed E-state index contributed by atoms with van der Waals surface area (Å²) in [6.45, 7) is 0. The third kappa shape index (κ3) is 1.08. The van der Waals surface area contributed by atoms with Crippen LogP contribution in [0.1, 0.15) is 0 Å². The van der Waals surface area contributed by atoms with Crippen molar-refractivity contribution in [1.29, 1.82) is 0 Å². The van der Waals surface area contributed by atoms with E-state index in [9.17, 15) is 4.57 Å². The Balaban J connectivity index is 2.39. The molecule has 5 rings (SSSR count). The highest BCUT2D eigenvalue weighted by Crippen LogP contribution is 2.35. The van der Waals surface area contributed by atoms with Crippen molar-refractivity contribution in [3.8, 4) is 0 Å². The van der Waals surface area contributed by atoms with Gasteiger partial charge in [0, 0.05) is 17.0 Å². The van der Waals surface area contributed by atoms with E-state index in [1.54, 1.807) is 0 Å². The second-order valence-electron chi connectivity index (χ2n) is 5.05. The van der Waals surface area contributed by atoms with Crippen LogP contribution in [0.25, 0.3) is 32.4 Å². The zero-order valence-corrected chi connectivity index (χ0v) is 11.4. The molecule has 0 aliphatic rings. The number of rotatable bonds is 0. The fourth-order valence-electron chi connectivity index (χ4n) is 3.13. The maximum Gasteiger partial charge on any atom is 0.508 e. The van der Waals surface area contributed by atoms with Crippen LogP contribution in [0.2, 0.25) is 0 Å². The van der Waals surface area contributed by atoms with Gasteiger partial charge < -0.3 is 4.40 Å². The zero-order chi connectivity index (χ0) is 13.3. The number of hydrogen-bond acceptors (Lipinski definition) is 1. The van der Waals surface area contributed by atoms with E-state index >= 15 is 0 Å². The third-order valence-electron chi connectivity index (χ3n) is 4.03. The minimum absolute atomic E-state index is 0.883. The molecule has 3 aromatic heterocycles. The Labute approximate surface area is 114 Å². The van der Waals surface area contributed by atoms with E-state index in [0.717, 1.165) is 27.1 Å². The molecular formula is C16H10N2OP+. The lowest BCUT2D eigenvalue weighted by Crippen LogP contribution is -1.82. The van der Waals surface area contributed by atoms with Crippen LogP contribution >= 0.6 is 7.57 Å². The van der Waals surface area contributed by atoms with Gasteiger partial charge in [-0.15, -0.1) is 4.16 Å².